The number of unbranched alkanes of at least 4 members (excludes halogenated alkanes) is 2. The Labute approximate surface area is 103 Å². The fourth-order valence-electron chi connectivity index (χ4n) is 1.40. The van der Waals surface area contributed by atoms with Crippen LogP contribution < -0.4 is 0 Å². The van der Waals surface area contributed by atoms with Gasteiger partial charge in [-0.3, -0.25) is 4.79 Å². The number of rotatable bonds is 5. The Morgan fingerprint density at radius 3 is 2.71 bits per heavy atom. The summed E-state index contributed by atoms with van der Waals surface area (Å²) in [5.74, 6) is 6.09. The highest BCUT2D eigenvalue weighted by molar-refractivity contribution is 5.69. The molecule has 0 fully saturated rings. The number of hydrogen-bond acceptors (Lipinski definition) is 2. The Hall–Kier alpha value is -1.75. The van der Waals surface area contributed by atoms with E-state index in [2.05, 4.69) is 11.8 Å². The molecule has 90 valence electrons. The van der Waals surface area contributed by atoms with Crippen LogP contribution in [-0.2, 0) is 9.53 Å². The highest BCUT2D eigenvalue weighted by atomic mass is 16.5. The van der Waals surface area contributed by atoms with Gasteiger partial charge in [-0.2, -0.15) is 0 Å². The first-order chi connectivity index (χ1) is 8.33. The Bertz CT molecular complexity index is 384. The van der Waals surface area contributed by atoms with E-state index in [1.165, 1.54) is 0 Å². The molecule has 0 bridgehead atoms. The van der Waals surface area contributed by atoms with E-state index in [9.17, 15) is 4.79 Å². The van der Waals surface area contributed by atoms with Crippen molar-refractivity contribution in [2.75, 3.05) is 6.61 Å². The van der Waals surface area contributed by atoms with Gasteiger partial charge >= 0.3 is 5.97 Å². The fourth-order valence-corrected chi connectivity index (χ4v) is 1.40. The van der Waals surface area contributed by atoms with E-state index in [1.54, 1.807) is 0 Å². The molecule has 0 atom stereocenters. The minimum Gasteiger partial charge on any atom is -0.466 e. The van der Waals surface area contributed by atoms with Crippen molar-refractivity contribution in [3.8, 4) is 11.8 Å². The molecule has 0 saturated carbocycles. The molecule has 2 heteroatoms. The summed E-state index contributed by atoms with van der Waals surface area (Å²) in [6, 6.07) is 9.91. The van der Waals surface area contributed by atoms with Crippen LogP contribution in [0.15, 0.2) is 30.3 Å². The average molecular weight is 230 g/mol. The largest absolute Gasteiger partial charge is 0.466 e. The molecule has 0 amide bonds. The van der Waals surface area contributed by atoms with Gasteiger partial charge in [-0.05, 0) is 31.9 Å². The number of ether oxygens (including phenoxy) is 1. The number of esters is 1. The highest BCUT2D eigenvalue weighted by Gasteiger charge is 1.99. The van der Waals surface area contributed by atoms with Gasteiger partial charge in [0.05, 0.1) is 6.61 Å². The lowest BCUT2D eigenvalue weighted by Gasteiger charge is -1.99. The van der Waals surface area contributed by atoms with Crippen LogP contribution in [0.3, 0.4) is 0 Å². The van der Waals surface area contributed by atoms with Crippen molar-refractivity contribution in [1.82, 2.24) is 0 Å². The molecule has 0 unspecified atom stereocenters. The van der Waals surface area contributed by atoms with Crippen LogP contribution in [0.4, 0.5) is 0 Å². The van der Waals surface area contributed by atoms with E-state index in [4.69, 9.17) is 4.74 Å². The van der Waals surface area contributed by atoms with Gasteiger partial charge in [0, 0.05) is 18.4 Å². The van der Waals surface area contributed by atoms with Crippen molar-refractivity contribution in [3.63, 3.8) is 0 Å². The summed E-state index contributed by atoms with van der Waals surface area (Å²) in [6.07, 6.45) is 3.12. The Balaban J connectivity index is 2.13. The maximum absolute atomic E-state index is 11.0. The summed E-state index contributed by atoms with van der Waals surface area (Å²) in [4.78, 5) is 11.0. The summed E-state index contributed by atoms with van der Waals surface area (Å²) in [7, 11) is 0. The van der Waals surface area contributed by atoms with Gasteiger partial charge in [0.15, 0.2) is 0 Å². The van der Waals surface area contributed by atoms with Gasteiger partial charge in [0.1, 0.15) is 0 Å². The fraction of sp³-hybridized carbons (Fsp3) is 0.400. The molecule has 0 saturated heterocycles. The molecule has 1 aromatic rings. The molecule has 1 aromatic carbocycles. The van der Waals surface area contributed by atoms with Crippen LogP contribution in [0.25, 0.3) is 0 Å². The van der Waals surface area contributed by atoms with E-state index >= 15 is 0 Å². The minimum atomic E-state index is -0.108. The SMILES string of the molecule is CCOC(=O)CCCCC#Cc1ccccc1. The maximum Gasteiger partial charge on any atom is 0.305 e. The van der Waals surface area contributed by atoms with Crippen LogP contribution in [-0.4, -0.2) is 12.6 Å². The Kier molecular flexibility index (Phi) is 6.59. The third kappa shape index (κ3) is 6.42. The summed E-state index contributed by atoms with van der Waals surface area (Å²) in [5.41, 5.74) is 1.04. The van der Waals surface area contributed by atoms with Crippen molar-refractivity contribution in [2.45, 2.75) is 32.6 Å². The first-order valence-corrected chi connectivity index (χ1v) is 6.02. The van der Waals surface area contributed by atoms with Crippen LogP contribution >= 0.6 is 0 Å². The summed E-state index contributed by atoms with van der Waals surface area (Å²) in [5, 5.41) is 0. The minimum absolute atomic E-state index is 0.108. The zero-order chi connectivity index (χ0) is 12.3. The van der Waals surface area contributed by atoms with Crippen molar-refractivity contribution >= 4 is 5.97 Å². The topological polar surface area (TPSA) is 26.3 Å². The number of benzene rings is 1. The molecule has 0 aliphatic carbocycles. The van der Waals surface area contributed by atoms with E-state index < -0.39 is 0 Å². The molecule has 0 aromatic heterocycles. The first-order valence-electron chi connectivity index (χ1n) is 6.02. The lowest BCUT2D eigenvalue weighted by atomic mass is 10.2. The summed E-state index contributed by atoms with van der Waals surface area (Å²) < 4.78 is 4.84. The van der Waals surface area contributed by atoms with Gasteiger partial charge in [-0.15, -0.1) is 0 Å². The van der Waals surface area contributed by atoms with Crippen LogP contribution in [0.5, 0.6) is 0 Å². The third-order valence-electron chi connectivity index (χ3n) is 2.24. The zero-order valence-electron chi connectivity index (χ0n) is 10.2. The predicted octanol–water partition coefficient (Wildman–Crippen LogP) is 3.16. The average Bonchev–Trinajstić information content (AvgIpc) is 2.35. The first kappa shape index (κ1) is 13.3. The molecule has 17 heavy (non-hydrogen) atoms. The van der Waals surface area contributed by atoms with Gasteiger partial charge in [-0.1, -0.05) is 30.0 Å². The number of hydrogen-bond donors (Lipinski definition) is 0. The lowest BCUT2D eigenvalue weighted by molar-refractivity contribution is -0.143. The number of carbonyl (C=O) groups is 1. The van der Waals surface area contributed by atoms with Crippen LogP contribution in [0.1, 0.15) is 38.2 Å². The van der Waals surface area contributed by atoms with E-state index in [-0.39, 0.29) is 5.97 Å². The molecule has 0 heterocycles. The third-order valence-corrected chi connectivity index (χ3v) is 2.24. The van der Waals surface area contributed by atoms with Crippen LogP contribution in [0.2, 0.25) is 0 Å². The molecule has 0 N–H and O–H groups in total. The summed E-state index contributed by atoms with van der Waals surface area (Å²) >= 11 is 0. The Morgan fingerprint density at radius 1 is 1.24 bits per heavy atom. The molecule has 0 aliphatic rings. The smallest absolute Gasteiger partial charge is 0.305 e. The normalized spacial score (nSPS) is 9.24. The molecule has 2 nitrogen and oxygen atoms in total. The monoisotopic (exact) mass is 230 g/mol. The second-order valence-electron chi connectivity index (χ2n) is 3.68. The van der Waals surface area contributed by atoms with Crippen LogP contribution in [0, 0.1) is 11.8 Å². The molecule has 0 spiro atoms. The van der Waals surface area contributed by atoms with Crippen molar-refractivity contribution < 1.29 is 9.53 Å². The van der Waals surface area contributed by atoms with Crippen molar-refractivity contribution in [1.29, 1.82) is 0 Å². The highest BCUT2D eigenvalue weighted by Crippen LogP contribution is 2.01. The van der Waals surface area contributed by atoms with Gasteiger partial charge in [-0.25, -0.2) is 0 Å². The molecular weight excluding hydrogens is 212 g/mol. The molecular formula is C15H18O2. The molecule has 0 aliphatic heterocycles. The number of carbonyl (C=O) groups excluding carboxylic acids is 1. The van der Waals surface area contributed by atoms with Gasteiger partial charge in [0.2, 0.25) is 0 Å². The molecule has 1 rings (SSSR count). The zero-order valence-corrected chi connectivity index (χ0v) is 10.2. The molecule has 0 radical (unpaired) electrons. The second kappa shape index (κ2) is 8.41. The summed E-state index contributed by atoms with van der Waals surface area (Å²) in [6.45, 7) is 2.29. The second-order valence-corrected chi connectivity index (χ2v) is 3.68. The van der Waals surface area contributed by atoms with Crippen molar-refractivity contribution in [3.05, 3.63) is 35.9 Å². The standard InChI is InChI=1S/C15H18O2/c1-2-17-15(16)13-9-4-3-6-10-14-11-7-5-8-12-14/h5,7-8,11-12H,2-4,9,13H2,1H3. The van der Waals surface area contributed by atoms with Gasteiger partial charge < -0.3 is 4.74 Å². The predicted molar refractivity (Wildman–Crippen MR) is 68.4 cm³/mol. The quantitative estimate of drug-likeness (QED) is 0.441. The van der Waals surface area contributed by atoms with Crippen molar-refractivity contribution in [2.24, 2.45) is 0 Å². The van der Waals surface area contributed by atoms with E-state index in [1.807, 2.05) is 37.3 Å². The van der Waals surface area contributed by atoms with Gasteiger partial charge in [0.25, 0.3) is 0 Å². The van der Waals surface area contributed by atoms with E-state index in [0.29, 0.717) is 13.0 Å². The maximum atomic E-state index is 11.0. The van der Waals surface area contributed by atoms with E-state index in [0.717, 1.165) is 24.8 Å². The lowest BCUT2D eigenvalue weighted by Crippen LogP contribution is -2.02. The Morgan fingerprint density at radius 2 is 2.00 bits per heavy atom.